The molecule has 3 atom stereocenters. The van der Waals surface area contributed by atoms with Gasteiger partial charge in [0.1, 0.15) is 5.82 Å². The smallest absolute Gasteiger partial charge is 0.161 e. The highest BCUT2D eigenvalue weighted by Crippen LogP contribution is 2.39. The minimum atomic E-state index is -1.16. The van der Waals surface area contributed by atoms with E-state index in [1.165, 1.54) is 4.88 Å². The fourth-order valence-corrected chi connectivity index (χ4v) is 5.14. The third kappa shape index (κ3) is 3.09. The summed E-state index contributed by atoms with van der Waals surface area (Å²) in [5.74, 6) is -3.16. The lowest BCUT2D eigenvalue weighted by atomic mass is 9.77. The van der Waals surface area contributed by atoms with Crippen molar-refractivity contribution in [3.8, 4) is 0 Å². The number of thiazole rings is 1. The van der Waals surface area contributed by atoms with Gasteiger partial charge in [0.15, 0.2) is 11.6 Å². The Bertz CT molecular complexity index is 784. The van der Waals surface area contributed by atoms with Crippen molar-refractivity contribution in [3.05, 3.63) is 50.7 Å². The van der Waals surface area contributed by atoms with Gasteiger partial charge in [-0.25, -0.2) is 18.2 Å². The molecule has 1 aliphatic carbocycles. The summed E-state index contributed by atoms with van der Waals surface area (Å²) in [6.07, 6.45) is 2.26. The zero-order valence-electron chi connectivity index (χ0n) is 13.9. The summed E-state index contributed by atoms with van der Waals surface area (Å²) in [5, 5.41) is 1.10. The Morgan fingerprint density at radius 3 is 2.60 bits per heavy atom. The van der Waals surface area contributed by atoms with Gasteiger partial charge in [-0.15, -0.1) is 11.3 Å². The van der Waals surface area contributed by atoms with E-state index in [0.29, 0.717) is 18.5 Å². The number of nitrogens with zero attached hydrogens (tertiary/aromatic N) is 2. The minimum absolute atomic E-state index is 0.197. The molecule has 1 aliphatic heterocycles. The van der Waals surface area contributed by atoms with Gasteiger partial charge in [0, 0.05) is 42.0 Å². The first-order valence-corrected chi connectivity index (χ1v) is 9.33. The van der Waals surface area contributed by atoms with Crippen LogP contribution in [0.4, 0.5) is 13.2 Å². The second kappa shape index (κ2) is 6.37. The molecule has 2 aromatic rings. The number of aromatic nitrogens is 1. The number of aryl methyl sites for hydroxylation is 1. The first-order chi connectivity index (χ1) is 11.9. The van der Waals surface area contributed by atoms with Crippen LogP contribution in [0.15, 0.2) is 12.1 Å². The molecular weight excluding hydrogens is 347 g/mol. The van der Waals surface area contributed by atoms with Crippen LogP contribution in [0.5, 0.6) is 0 Å². The Morgan fingerprint density at radius 1 is 1.12 bits per heavy atom. The predicted molar refractivity (Wildman–Crippen MR) is 90.8 cm³/mol. The topological polar surface area (TPSA) is 42.2 Å². The normalized spacial score (nSPS) is 26.8. The maximum Gasteiger partial charge on any atom is 0.161 e. The highest BCUT2D eigenvalue weighted by molar-refractivity contribution is 7.11. The lowest BCUT2D eigenvalue weighted by molar-refractivity contribution is 0.137. The second-order valence-electron chi connectivity index (χ2n) is 7.03. The lowest BCUT2D eigenvalue weighted by Crippen LogP contribution is -2.44. The summed E-state index contributed by atoms with van der Waals surface area (Å²) in [6.45, 7) is 3.74. The van der Waals surface area contributed by atoms with Crippen LogP contribution < -0.4 is 5.73 Å². The van der Waals surface area contributed by atoms with Gasteiger partial charge in [-0.1, -0.05) is 0 Å². The van der Waals surface area contributed by atoms with Crippen LogP contribution in [0.2, 0.25) is 0 Å². The molecule has 2 heterocycles. The van der Waals surface area contributed by atoms with Crippen LogP contribution >= 0.6 is 11.3 Å². The van der Waals surface area contributed by atoms with Gasteiger partial charge in [0.2, 0.25) is 0 Å². The molecule has 0 amide bonds. The molecule has 25 heavy (non-hydrogen) atoms. The van der Waals surface area contributed by atoms with Crippen molar-refractivity contribution in [2.24, 2.45) is 5.73 Å². The third-order valence-electron chi connectivity index (χ3n) is 5.41. The molecule has 4 rings (SSSR count). The van der Waals surface area contributed by atoms with E-state index in [1.54, 1.807) is 11.3 Å². The monoisotopic (exact) mass is 367 g/mol. The van der Waals surface area contributed by atoms with Crippen molar-refractivity contribution in [1.29, 1.82) is 0 Å². The summed E-state index contributed by atoms with van der Waals surface area (Å²) in [4.78, 5) is 8.27. The molecule has 0 spiro atoms. The molecule has 0 radical (unpaired) electrons. The summed E-state index contributed by atoms with van der Waals surface area (Å²) in [5.41, 5.74) is 7.66. The Balaban J connectivity index is 1.46. The van der Waals surface area contributed by atoms with E-state index >= 15 is 0 Å². The molecule has 2 aliphatic rings. The fourth-order valence-electron chi connectivity index (χ4n) is 4.17. The maximum absolute atomic E-state index is 14.1. The van der Waals surface area contributed by atoms with Gasteiger partial charge in [-0.05, 0) is 37.8 Å². The van der Waals surface area contributed by atoms with Gasteiger partial charge in [-0.2, -0.15) is 0 Å². The second-order valence-corrected chi connectivity index (χ2v) is 8.32. The van der Waals surface area contributed by atoms with E-state index in [2.05, 4.69) is 9.88 Å². The lowest BCUT2D eigenvalue weighted by Gasteiger charge is -2.38. The van der Waals surface area contributed by atoms with Crippen LogP contribution in [-0.4, -0.2) is 22.0 Å². The molecule has 134 valence electrons. The quantitative estimate of drug-likeness (QED) is 0.820. The zero-order valence-corrected chi connectivity index (χ0v) is 14.8. The maximum atomic E-state index is 14.1. The molecule has 7 heteroatoms. The Morgan fingerprint density at radius 2 is 1.88 bits per heavy atom. The Labute approximate surface area is 148 Å². The average Bonchev–Trinajstić information content (AvgIpc) is 3.08. The van der Waals surface area contributed by atoms with E-state index in [0.717, 1.165) is 42.7 Å². The predicted octanol–water partition coefficient (Wildman–Crippen LogP) is 3.85. The number of hydrogen-bond donors (Lipinski definition) is 1. The van der Waals surface area contributed by atoms with E-state index in [1.807, 2.05) is 6.92 Å². The van der Waals surface area contributed by atoms with Crippen molar-refractivity contribution >= 4 is 11.3 Å². The van der Waals surface area contributed by atoms with Crippen molar-refractivity contribution in [1.82, 2.24) is 9.88 Å². The Kier molecular flexibility index (Phi) is 4.33. The van der Waals surface area contributed by atoms with Gasteiger partial charge < -0.3 is 5.73 Å². The number of hydrogen-bond acceptors (Lipinski definition) is 4. The first kappa shape index (κ1) is 17.0. The number of halogens is 3. The highest BCUT2D eigenvalue weighted by Gasteiger charge is 2.36. The first-order valence-electron chi connectivity index (χ1n) is 8.51. The van der Waals surface area contributed by atoms with Crippen LogP contribution in [0.1, 0.15) is 46.3 Å². The molecule has 1 aromatic heterocycles. The fraction of sp³-hybridized carbons (Fsp3) is 0.500. The molecular formula is C18H20F3N3S. The molecule has 0 saturated heterocycles. The molecule has 0 bridgehead atoms. The van der Waals surface area contributed by atoms with E-state index in [4.69, 9.17) is 5.73 Å². The average molecular weight is 367 g/mol. The van der Waals surface area contributed by atoms with Crippen molar-refractivity contribution < 1.29 is 13.2 Å². The number of benzene rings is 1. The zero-order chi connectivity index (χ0) is 17.7. The van der Waals surface area contributed by atoms with Gasteiger partial charge in [-0.3, -0.25) is 4.90 Å². The number of rotatable bonds is 2. The van der Waals surface area contributed by atoms with Crippen LogP contribution in [0.25, 0.3) is 0 Å². The minimum Gasteiger partial charge on any atom is -0.327 e. The largest absolute Gasteiger partial charge is 0.327 e. The highest BCUT2D eigenvalue weighted by atomic mass is 32.1. The van der Waals surface area contributed by atoms with E-state index in [-0.39, 0.29) is 17.5 Å². The van der Waals surface area contributed by atoms with Crippen molar-refractivity contribution in [2.75, 3.05) is 0 Å². The van der Waals surface area contributed by atoms with Crippen molar-refractivity contribution in [3.63, 3.8) is 0 Å². The summed E-state index contributed by atoms with van der Waals surface area (Å²) in [7, 11) is 0. The molecule has 3 nitrogen and oxygen atoms in total. The summed E-state index contributed by atoms with van der Waals surface area (Å²) in [6, 6.07) is 1.64. The van der Waals surface area contributed by atoms with Crippen LogP contribution in [-0.2, 0) is 13.1 Å². The van der Waals surface area contributed by atoms with E-state index in [9.17, 15) is 13.2 Å². The SMILES string of the molecule is Cc1nc2c(s1)CN([C@H]1CCC(c3cc(F)c(F)cc3F)[C@@H](N)C1)C2. The number of fused-ring (bicyclic) bond motifs is 1. The van der Waals surface area contributed by atoms with Gasteiger partial charge >= 0.3 is 0 Å². The molecule has 1 fully saturated rings. The Hall–Kier alpha value is -1.44. The van der Waals surface area contributed by atoms with E-state index < -0.39 is 17.5 Å². The molecule has 2 N–H and O–H groups in total. The number of nitrogens with two attached hydrogens (primary N) is 1. The summed E-state index contributed by atoms with van der Waals surface area (Å²) >= 11 is 1.74. The van der Waals surface area contributed by atoms with Crippen LogP contribution in [0, 0.1) is 24.4 Å². The molecule has 1 aromatic carbocycles. The standard InChI is InChI=1S/C18H20F3N3S/c1-9-23-17-7-24(8-18(17)25-9)10-2-3-11(16(22)4-10)12-5-14(20)15(21)6-13(12)19/h5-6,10-11,16H,2-4,7-8,22H2,1H3/t10-,11?,16-/m0/s1. The molecule has 1 saturated carbocycles. The van der Waals surface area contributed by atoms with Gasteiger partial charge in [0.25, 0.3) is 0 Å². The van der Waals surface area contributed by atoms with Gasteiger partial charge in [0.05, 0.1) is 10.7 Å². The van der Waals surface area contributed by atoms with Crippen molar-refractivity contribution in [2.45, 2.75) is 57.3 Å². The van der Waals surface area contributed by atoms with Crippen LogP contribution in [0.3, 0.4) is 0 Å². The third-order valence-corrected chi connectivity index (χ3v) is 6.41. The summed E-state index contributed by atoms with van der Waals surface area (Å²) < 4.78 is 40.8. The molecule has 1 unspecified atom stereocenters.